The molecule has 3 heteroatoms. The van der Waals surface area contributed by atoms with Gasteiger partial charge in [0.2, 0.25) is 0 Å². The van der Waals surface area contributed by atoms with E-state index < -0.39 is 0 Å². The highest BCUT2D eigenvalue weighted by Crippen LogP contribution is 2.42. The van der Waals surface area contributed by atoms with Crippen molar-refractivity contribution >= 4 is 29.2 Å². The van der Waals surface area contributed by atoms with Crippen LogP contribution in [0.4, 0.5) is 0 Å². The van der Waals surface area contributed by atoms with Crippen LogP contribution in [0.5, 0.6) is 0 Å². The van der Waals surface area contributed by atoms with Crippen molar-refractivity contribution in [1.29, 1.82) is 0 Å². The van der Waals surface area contributed by atoms with Gasteiger partial charge >= 0.3 is 0 Å². The van der Waals surface area contributed by atoms with Crippen molar-refractivity contribution in [3.63, 3.8) is 0 Å². The Kier molecular flexibility index (Phi) is 11.5. The van der Waals surface area contributed by atoms with Crippen LogP contribution in [0.2, 0.25) is 0 Å². The van der Waals surface area contributed by atoms with Gasteiger partial charge in [-0.25, -0.2) is 9.98 Å². The summed E-state index contributed by atoms with van der Waals surface area (Å²) in [5.74, 6) is 1.20. The van der Waals surface area contributed by atoms with Crippen LogP contribution < -0.4 is 0 Å². The van der Waals surface area contributed by atoms with Gasteiger partial charge in [0.25, 0.3) is 0 Å². The lowest BCUT2D eigenvalue weighted by Crippen LogP contribution is -2.27. The van der Waals surface area contributed by atoms with E-state index >= 15 is 0 Å². The molecule has 0 aliphatic heterocycles. The van der Waals surface area contributed by atoms with Gasteiger partial charge in [0.15, 0.2) is 11.7 Å². The molecule has 0 aliphatic rings. The molecule has 0 saturated carbocycles. The van der Waals surface area contributed by atoms with Crippen LogP contribution >= 0.6 is 0 Å². The van der Waals surface area contributed by atoms with Crippen LogP contribution in [-0.4, -0.2) is 18.4 Å². The number of hydrogen-bond donors (Lipinski definition) is 0. The van der Waals surface area contributed by atoms with Crippen LogP contribution in [0.1, 0.15) is 67.3 Å². The molecule has 3 nitrogen and oxygen atoms in total. The van der Waals surface area contributed by atoms with Gasteiger partial charge in [-0.1, -0.05) is 197 Å². The first-order valence-electron chi connectivity index (χ1n) is 19.1. The SMILES string of the molecule is C=NC(=NC(=NCc1ccc(C(CCC)(CCC)c2ccc(-c3cccc(-c4cccc5ccccc45)c3)cc2)cc1)c1ccccc1)c1ccccc1. The van der Waals surface area contributed by atoms with Crippen LogP contribution in [0.15, 0.2) is 191 Å². The third kappa shape index (κ3) is 7.91. The lowest BCUT2D eigenvalue weighted by atomic mass is 9.68. The monoisotopic (exact) mass is 701 g/mol. The fourth-order valence-corrected chi connectivity index (χ4v) is 7.80. The third-order valence-corrected chi connectivity index (χ3v) is 10.4. The smallest absolute Gasteiger partial charge is 0.161 e. The fourth-order valence-electron chi connectivity index (χ4n) is 7.80. The first-order valence-corrected chi connectivity index (χ1v) is 19.1. The van der Waals surface area contributed by atoms with E-state index in [1.807, 2.05) is 60.7 Å². The number of benzene rings is 7. The first-order chi connectivity index (χ1) is 26.6. The van der Waals surface area contributed by atoms with Gasteiger partial charge in [0.05, 0.1) is 6.54 Å². The molecule has 0 atom stereocenters. The molecule has 0 unspecified atom stereocenters. The fraction of sp³-hybridized carbons (Fsp3) is 0.157. The van der Waals surface area contributed by atoms with Gasteiger partial charge in [-0.2, -0.15) is 0 Å². The predicted molar refractivity (Wildman–Crippen MR) is 231 cm³/mol. The van der Waals surface area contributed by atoms with E-state index in [-0.39, 0.29) is 5.41 Å². The van der Waals surface area contributed by atoms with Crippen molar-refractivity contribution in [2.45, 2.75) is 51.5 Å². The van der Waals surface area contributed by atoms with Gasteiger partial charge in [0.1, 0.15) is 0 Å². The number of fused-ring (bicyclic) bond motifs is 1. The molecule has 0 heterocycles. The summed E-state index contributed by atoms with van der Waals surface area (Å²) in [4.78, 5) is 14.2. The van der Waals surface area contributed by atoms with Crippen molar-refractivity contribution in [3.8, 4) is 22.3 Å². The maximum Gasteiger partial charge on any atom is 0.161 e. The van der Waals surface area contributed by atoms with E-state index in [0.29, 0.717) is 18.2 Å². The lowest BCUT2D eigenvalue weighted by Gasteiger charge is -2.35. The zero-order valence-electron chi connectivity index (χ0n) is 31.3. The molecule has 0 spiro atoms. The van der Waals surface area contributed by atoms with E-state index in [1.165, 1.54) is 44.2 Å². The second-order valence-corrected chi connectivity index (χ2v) is 13.9. The van der Waals surface area contributed by atoms with Gasteiger partial charge in [0, 0.05) is 16.5 Å². The third-order valence-electron chi connectivity index (χ3n) is 10.4. The maximum absolute atomic E-state index is 5.02. The number of hydrogen-bond acceptors (Lipinski definition) is 1. The number of aliphatic imine (C=N–C) groups is 3. The highest BCUT2D eigenvalue weighted by atomic mass is 15.0. The molecular formula is C51H47N3. The topological polar surface area (TPSA) is 37.1 Å². The molecule has 266 valence electrons. The molecule has 0 radical (unpaired) electrons. The summed E-state index contributed by atoms with van der Waals surface area (Å²) in [6.45, 7) is 8.91. The summed E-state index contributed by atoms with van der Waals surface area (Å²) in [6, 6.07) is 62.6. The lowest BCUT2D eigenvalue weighted by molar-refractivity contribution is 0.426. The summed E-state index contributed by atoms with van der Waals surface area (Å²) in [5.41, 5.74) is 10.6. The van der Waals surface area contributed by atoms with E-state index in [0.717, 1.165) is 42.4 Å². The standard InChI is InChI=1S/C51H47N3/c1-4-34-51(35-5-2,46-32-28-39(29-33-46)43-22-14-23-44(36-43)48-25-15-21-40-16-12-13-24-47(40)48)45-30-26-38(27-31-45)37-53-50(42-19-10-7-11-20-42)54-49(52-3)41-17-8-6-9-18-41/h6-33,36H,3-5,34-35,37H2,1-2H3. The minimum absolute atomic E-state index is 0.0751. The van der Waals surface area contributed by atoms with Crippen molar-refractivity contribution in [1.82, 2.24) is 0 Å². The summed E-state index contributed by atoms with van der Waals surface area (Å²) < 4.78 is 0. The first kappa shape index (κ1) is 36.2. The van der Waals surface area contributed by atoms with Gasteiger partial charge < -0.3 is 0 Å². The van der Waals surface area contributed by atoms with Gasteiger partial charge in [-0.15, -0.1) is 0 Å². The Hall–Kier alpha value is -6.19. The van der Waals surface area contributed by atoms with Crippen molar-refractivity contribution in [3.05, 3.63) is 204 Å². The van der Waals surface area contributed by atoms with Gasteiger partial charge in [-0.05, 0) is 75.3 Å². The Bertz CT molecular complexity index is 2360. The second-order valence-electron chi connectivity index (χ2n) is 13.9. The molecule has 0 bridgehead atoms. The molecule has 0 N–H and O–H groups in total. The van der Waals surface area contributed by atoms with Crippen LogP contribution in [-0.2, 0) is 12.0 Å². The zero-order chi connectivity index (χ0) is 37.2. The average Bonchev–Trinajstić information content (AvgIpc) is 3.24. The maximum atomic E-state index is 5.02. The van der Waals surface area contributed by atoms with E-state index in [1.54, 1.807) is 0 Å². The minimum Gasteiger partial charge on any atom is -0.261 e. The zero-order valence-corrected chi connectivity index (χ0v) is 31.3. The Labute approximate surface area is 320 Å². The number of nitrogens with zero attached hydrogens (tertiary/aromatic N) is 3. The normalized spacial score (nSPS) is 12.2. The minimum atomic E-state index is -0.0751. The summed E-state index contributed by atoms with van der Waals surface area (Å²) >= 11 is 0. The number of rotatable bonds is 12. The quantitative estimate of drug-likeness (QED) is 0.0898. The molecule has 0 aliphatic carbocycles. The molecule has 0 fully saturated rings. The summed E-state index contributed by atoms with van der Waals surface area (Å²) in [7, 11) is 0. The Morgan fingerprint density at radius 3 is 1.72 bits per heavy atom. The molecule has 0 saturated heterocycles. The molecule has 0 aromatic heterocycles. The Morgan fingerprint density at radius 2 is 1.07 bits per heavy atom. The second kappa shape index (κ2) is 17.1. The summed E-state index contributed by atoms with van der Waals surface area (Å²) in [5, 5.41) is 2.54. The highest BCUT2D eigenvalue weighted by Gasteiger charge is 2.32. The largest absolute Gasteiger partial charge is 0.261 e. The molecule has 7 aromatic carbocycles. The average molecular weight is 702 g/mol. The van der Waals surface area contributed by atoms with Crippen molar-refractivity contribution < 1.29 is 0 Å². The number of amidine groups is 2. The summed E-state index contributed by atoms with van der Waals surface area (Å²) in [6.07, 6.45) is 4.36. The van der Waals surface area contributed by atoms with E-state index in [4.69, 9.17) is 9.98 Å². The van der Waals surface area contributed by atoms with Crippen LogP contribution in [0.3, 0.4) is 0 Å². The van der Waals surface area contributed by atoms with E-state index in [9.17, 15) is 0 Å². The molecule has 54 heavy (non-hydrogen) atoms. The molecule has 0 amide bonds. The highest BCUT2D eigenvalue weighted by molar-refractivity contribution is 6.12. The van der Waals surface area contributed by atoms with Crippen molar-refractivity contribution in [2.24, 2.45) is 15.0 Å². The van der Waals surface area contributed by atoms with Gasteiger partial charge in [-0.3, -0.25) is 4.99 Å². The van der Waals surface area contributed by atoms with Crippen molar-refractivity contribution in [2.75, 3.05) is 0 Å². The predicted octanol–water partition coefficient (Wildman–Crippen LogP) is 13.2. The Balaban J connectivity index is 1.17. The van der Waals surface area contributed by atoms with E-state index in [2.05, 4.69) is 141 Å². The molecular weight excluding hydrogens is 655 g/mol. The molecule has 7 rings (SSSR count). The van der Waals surface area contributed by atoms with Crippen LogP contribution in [0.25, 0.3) is 33.0 Å². The van der Waals surface area contributed by atoms with Crippen LogP contribution in [0, 0.1) is 0 Å². The molecule has 7 aromatic rings. The Morgan fingerprint density at radius 1 is 0.519 bits per heavy atom.